The molecule has 3 nitrogen and oxygen atoms in total. The van der Waals surface area contributed by atoms with E-state index in [0.717, 1.165) is 31.1 Å². The van der Waals surface area contributed by atoms with Crippen LogP contribution < -0.4 is 5.32 Å². The Hall–Kier alpha value is -0.610. The van der Waals surface area contributed by atoms with E-state index in [2.05, 4.69) is 12.2 Å². The van der Waals surface area contributed by atoms with Crippen LogP contribution in [0.25, 0.3) is 0 Å². The van der Waals surface area contributed by atoms with E-state index in [0.29, 0.717) is 5.25 Å². The van der Waals surface area contributed by atoms with Gasteiger partial charge in [0, 0.05) is 11.4 Å². The van der Waals surface area contributed by atoms with E-state index in [9.17, 15) is 0 Å². The Morgan fingerprint density at radius 1 is 1.32 bits per heavy atom. The first kappa shape index (κ1) is 13.4. The minimum Gasteiger partial charge on any atom is -0.319 e. The Kier molecular flexibility index (Phi) is 4.08. The van der Waals surface area contributed by atoms with Crippen LogP contribution in [0.15, 0.2) is 0 Å². The van der Waals surface area contributed by atoms with Crippen molar-refractivity contribution in [3.05, 3.63) is 22.8 Å². The Morgan fingerprint density at radius 3 is 2.95 bits per heavy atom. The van der Waals surface area contributed by atoms with Gasteiger partial charge in [-0.15, -0.1) is 0 Å². The number of nitrogens with one attached hydrogen (secondary N) is 1. The summed E-state index contributed by atoms with van der Waals surface area (Å²) in [6.07, 6.45) is 6.13. The van der Waals surface area contributed by atoms with Gasteiger partial charge in [-0.1, -0.05) is 0 Å². The van der Waals surface area contributed by atoms with E-state index in [1.54, 1.807) is 0 Å². The molecule has 2 heterocycles. The van der Waals surface area contributed by atoms with Crippen molar-refractivity contribution in [2.45, 2.75) is 44.3 Å². The summed E-state index contributed by atoms with van der Waals surface area (Å²) in [4.78, 5) is 9.71. The number of fused-ring (bicyclic) bond motifs is 1. The molecule has 2 aliphatic rings. The first-order valence-corrected chi connectivity index (χ1v) is 8.45. The van der Waals surface area contributed by atoms with Crippen molar-refractivity contribution >= 4 is 11.8 Å². The van der Waals surface area contributed by atoms with Gasteiger partial charge >= 0.3 is 0 Å². The third kappa shape index (κ3) is 2.79. The SMILES string of the molecule is CNCC1CCc2nc(C3CCCS3)nc(C)c2C1. The van der Waals surface area contributed by atoms with Gasteiger partial charge in [-0.3, -0.25) is 0 Å². The van der Waals surface area contributed by atoms with Gasteiger partial charge in [0.1, 0.15) is 5.82 Å². The van der Waals surface area contributed by atoms with Crippen LogP contribution in [0, 0.1) is 12.8 Å². The van der Waals surface area contributed by atoms with Crippen molar-refractivity contribution in [2.75, 3.05) is 19.3 Å². The molecule has 2 unspecified atom stereocenters. The van der Waals surface area contributed by atoms with Gasteiger partial charge < -0.3 is 5.32 Å². The maximum atomic E-state index is 4.90. The summed E-state index contributed by atoms with van der Waals surface area (Å²) in [6.45, 7) is 3.28. The molecule has 3 rings (SSSR count). The molecule has 1 fully saturated rings. The Balaban J connectivity index is 1.84. The van der Waals surface area contributed by atoms with Crippen molar-refractivity contribution in [3.8, 4) is 0 Å². The average Bonchev–Trinajstić information content (AvgIpc) is 2.93. The predicted molar refractivity (Wildman–Crippen MR) is 80.6 cm³/mol. The van der Waals surface area contributed by atoms with Gasteiger partial charge in [0.05, 0.1) is 5.25 Å². The molecular formula is C15H23N3S. The highest BCUT2D eigenvalue weighted by Crippen LogP contribution is 2.39. The van der Waals surface area contributed by atoms with E-state index in [1.165, 1.54) is 42.0 Å². The summed E-state index contributed by atoms with van der Waals surface area (Å²) in [5.41, 5.74) is 3.99. The summed E-state index contributed by atoms with van der Waals surface area (Å²) >= 11 is 2.03. The van der Waals surface area contributed by atoms with Crippen LogP contribution in [0.3, 0.4) is 0 Å². The zero-order valence-corrected chi connectivity index (χ0v) is 12.7. The molecule has 0 aromatic carbocycles. The fourth-order valence-corrected chi connectivity index (χ4v) is 4.48. The van der Waals surface area contributed by atoms with Gasteiger partial charge in [0.2, 0.25) is 0 Å². The first-order chi connectivity index (χ1) is 9.28. The standard InChI is InChI=1S/C15H23N3S/c1-10-12-8-11(9-16-2)5-6-13(12)18-15(17-10)14-4-3-7-19-14/h11,14,16H,3-9H2,1-2H3. The number of aryl methyl sites for hydroxylation is 2. The molecule has 0 spiro atoms. The monoisotopic (exact) mass is 277 g/mol. The molecule has 104 valence electrons. The van der Waals surface area contributed by atoms with E-state index in [-0.39, 0.29) is 0 Å². The molecule has 1 aromatic rings. The summed E-state index contributed by atoms with van der Waals surface area (Å²) < 4.78 is 0. The fraction of sp³-hybridized carbons (Fsp3) is 0.733. The minimum absolute atomic E-state index is 0.555. The number of rotatable bonds is 3. The predicted octanol–water partition coefficient (Wildman–Crippen LogP) is 2.68. The molecule has 0 saturated carbocycles. The number of thioether (sulfide) groups is 1. The fourth-order valence-electron chi connectivity index (χ4n) is 3.27. The highest BCUT2D eigenvalue weighted by Gasteiger charge is 2.26. The third-order valence-corrected chi connectivity index (χ3v) is 5.68. The van der Waals surface area contributed by atoms with Gasteiger partial charge in [-0.25, -0.2) is 9.97 Å². The molecule has 0 radical (unpaired) electrons. The van der Waals surface area contributed by atoms with Crippen LogP contribution in [-0.2, 0) is 12.8 Å². The van der Waals surface area contributed by atoms with Crippen molar-refractivity contribution in [1.82, 2.24) is 15.3 Å². The van der Waals surface area contributed by atoms with Crippen molar-refractivity contribution in [3.63, 3.8) is 0 Å². The minimum atomic E-state index is 0.555. The molecule has 0 amide bonds. The van der Waals surface area contributed by atoms with E-state index >= 15 is 0 Å². The molecule has 1 aliphatic heterocycles. The Labute approximate surface area is 120 Å². The molecule has 0 bridgehead atoms. The number of hydrogen-bond donors (Lipinski definition) is 1. The lowest BCUT2D eigenvalue weighted by atomic mass is 9.85. The topological polar surface area (TPSA) is 37.8 Å². The third-order valence-electron chi connectivity index (χ3n) is 4.31. The maximum Gasteiger partial charge on any atom is 0.141 e. The second-order valence-electron chi connectivity index (χ2n) is 5.76. The highest BCUT2D eigenvalue weighted by molar-refractivity contribution is 7.99. The summed E-state index contributed by atoms with van der Waals surface area (Å²) in [5, 5.41) is 3.85. The average molecular weight is 277 g/mol. The zero-order chi connectivity index (χ0) is 13.2. The zero-order valence-electron chi connectivity index (χ0n) is 11.9. The number of aromatic nitrogens is 2. The second kappa shape index (κ2) is 5.80. The normalized spacial score (nSPS) is 26.4. The summed E-state index contributed by atoms with van der Waals surface area (Å²) in [5.74, 6) is 3.13. The lowest BCUT2D eigenvalue weighted by Crippen LogP contribution is -2.26. The van der Waals surface area contributed by atoms with Gasteiger partial charge in [-0.05, 0) is 69.9 Å². The second-order valence-corrected chi connectivity index (χ2v) is 7.07. The molecule has 19 heavy (non-hydrogen) atoms. The van der Waals surface area contributed by atoms with Crippen molar-refractivity contribution in [2.24, 2.45) is 5.92 Å². The lowest BCUT2D eigenvalue weighted by molar-refractivity contribution is 0.431. The quantitative estimate of drug-likeness (QED) is 0.922. The van der Waals surface area contributed by atoms with Crippen molar-refractivity contribution < 1.29 is 0 Å². The molecule has 1 saturated heterocycles. The van der Waals surface area contributed by atoms with E-state index in [4.69, 9.17) is 9.97 Å². The molecule has 2 atom stereocenters. The molecule has 1 aliphatic carbocycles. The van der Waals surface area contributed by atoms with Crippen LogP contribution >= 0.6 is 11.8 Å². The lowest BCUT2D eigenvalue weighted by Gasteiger charge is -2.25. The van der Waals surface area contributed by atoms with Crippen LogP contribution in [0.2, 0.25) is 0 Å². The molecular weight excluding hydrogens is 254 g/mol. The summed E-state index contributed by atoms with van der Waals surface area (Å²) in [6, 6.07) is 0. The number of nitrogens with zero attached hydrogens (tertiary/aromatic N) is 2. The highest BCUT2D eigenvalue weighted by atomic mass is 32.2. The molecule has 4 heteroatoms. The van der Waals surface area contributed by atoms with Crippen LogP contribution in [0.1, 0.15) is 47.3 Å². The number of hydrogen-bond acceptors (Lipinski definition) is 4. The van der Waals surface area contributed by atoms with Crippen LogP contribution in [-0.4, -0.2) is 29.3 Å². The van der Waals surface area contributed by atoms with Gasteiger partial charge in [0.15, 0.2) is 0 Å². The summed E-state index contributed by atoms with van der Waals surface area (Å²) in [7, 11) is 2.04. The van der Waals surface area contributed by atoms with Crippen LogP contribution in [0.4, 0.5) is 0 Å². The van der Waals surface area contributed by atoms with Gasteiger partial charge in [-0.2, -0.15) is 11.8 Å². The Morgan fingerprint density at radius 2 is 2.21 bits per heavy atom. The maximum absolute atomic E-state index is 4.90. The van der Waals surface area contributed by atoms with E-state index in [1.807, 2.05) is 18.8 Å². The smallest absolute Gasteiger partial charge is 0.141 e. The Bertz CT molecular complexity index is 455. The first-order valence-electron chi connectivity index (χ1n) is 7.40. The van der Waals surface area contributed by atoms with Gasteiger partial charge in [0.25, 0.3) is 0 Å². The van der Waals surface area contributed by atoms with E-state index < -0.39 is 0 Å². The molecule has 1 N–H and O–H groups in total. The largest absolute Gasteiger partial charge is 0.319 e. The molecule has 1 aromatic heterocycles. The van der Waals surface area contributed by atoms with Crippen molar-refractivity contribution in [1.29, 1.82) is 0 Å². The van der Waals surface area contributed by atoms with Crippen LogP contribution in [0.5, 0.6) is 0 Å².